The van der Waals surface area contributed by atoms with E-state index < -0.39 is 0 Å². The minimum Gasteiger partial charge on any atom is -0.339 e. The third kappa shape index (κ3) is 2.46. The molecule has 3 aromatic rings. The summed E-state index contributed by atoms with van der Waals surface area (Å²) >= 11 is 15.6. The topological polar surface area (TPSA) is 55.1 Å². The lowest BCUT2D eigenvalue weighted by Gasteiger charge is -2.11. The molecule has 0 aliphatic carbocycles. The maximum absolute atomic E-state index is 6.15. The van der Waals surface area contributed by atoms with Crippen molar-refractivity contribution >= 4 is 56.4 Å². The zero-order valence-electron chi connectivity index (χ0n) is 10.2. The van der Waals surface area contributed by atoms with Crippen LogP contribution in [0.15, 0.2) is 29.0 Å². The van der Waals surface area contributed by atoms with Crippen LogP contribution in [0.5, 0.6) is 0 Å². The van der Waals surface area contributed by atoms with Crippen molar-refractivity contribution in [1.82, 2.24) is 19.6 Å². The quantitative estimate of drug-likeness (QED) is 0.683. The lowest BCUT2D eigenvalue weighted by Crippen LogP contribution is -2.02. The molecular formula is C12H8BrCl2N5. The predicted molar refractivity (Wildman–Crippen MR) is 83.0 cm³/mol. The van der Waals surface area contributed by atoms with Gasteiger partial charge >= 0.3 is 0 Å². The molecule has 20 heavy (non-hydrogen) atoms. The van der Waals surface area contributed by atoms with Crippen molar-refractivity contribution in [2.24, 2.45) is 0 Å². The van der Waals surface area contributed by atoms with E-state index in [0.717, 1.165) is 15.7 Å². The van der Waals surface area contributed by atoms with E-state index in [9.17, 15) is 0 Å². The molecule has 0 bridgehead atoms. The van der Waals surface area contributed by atoms with Gasteiger partial charge in [-0.2, -0.15) is 19.6 Å². The van der Waals surface area contributed by atoms with E-state index in [1.165, 1.54) is 6.33 Å². The summed E-state index contributed by atoms with van der Waals surface area (Å²) in [6.45, 7) is 1.94. The number of fused-ring (bicyclic) bond motifs is 1. The summed E-state index contributed by atoms with van der Waals surface area (Å²) in [5, 5.41) is 8.32. The first-order valence-corrected chi connectivity index (χ1v) is 7.18. The molecule has 0 aliphatic rings. The molecule has 5 nitrogen and oxygen atoms in total. The monoisotopic (exact) mass is 371 g/mol. The van der Waals surface area contributed by atoms with Crippen molar-refractivity contribution in [3.05, 3.63) is 44.7 Å². The number of aromatic nitrogens is 4. The number of halogens is 3. The molecular weight excluding hydrogens is 365 g/mol. The summed E-state index contributed by atoms with van der Waals surface area (Å²) < 4.78 is 2.45. The number of hydrogen-bond donors (Lipinski definition) is 1. The highest BCUT2D eigenvalue weighted by atomic mass is 79.9. The van der Waals surface area contributed by atoms with Gasteiger partial charge < -0.3 is 5.32 Å². The minimum atomic E-state index is 0.335. The molecule has 2 heterocycles. The van der Waals surface area contributed by atoms with Crippen LogP contribution in [0.3, 0.4) is 0 Å². The van der Waals surface area contributed by atoms with Gasteiger partial charge in [-0.25, -0.2) is 0 Å². The number of anilines is 2. The summed E-state index contributed by atoms with van der Waals surface area (Å²) in [6.07, 6.45) is 1.42. The summed E-state index contributed by atoms with van der Waals surface area (Å²) in [7, 11) is 0. The molecule has 1 aromatic carbocycles. The van der Waals surface area contributed by atoms with E-state index in [1.807, 2.05) is 19.1 Å². The Kier molecular flexibility index (Phi) is 3.54. The Bertz CT molecular complexity index is 802. The van der Waals surface area contributed by atoms with Crippen molar-refractivity contribution in [2.45, 2.75) is 6.92 Å². The number of hydrogen-bond acceptors (Lipinski definition) is 4. The first-order valence-electron chi connectivity index (χ1n) is 5.63. The van der Waals surface area contributed by atoms with Crippen LogP contribution in [0.2, 0.25) is 10.2 Å². The second-order valence-corrected chi connectivity index (χ2v) is 5.79. The maximum Gasteiger partial charge on any atom is 0.255 e. The van der Waals surface area contributed by atoms with Gasteiger partial charge in [0.25, 0.3) is 5.78 Å². The average Bonchev–Trinajstić information content (AvgIpc) is 2.84. The van der Waals surface area contributed by atoms with E-state index in [4.69, 9.17) is 23.2 Å². The molecule has 0 fully saturated rings. The molecule has 102 valence electrons. The van der Waals surface area contributed by atoms with Gasteiger partial charge in [-0.05, 0) is 40.5 Å². The van der Waals surface area contributed by atoms with Crippen LogP contribution in [-0.2, 0) is 0 Å². The zero-order chi connectivity index (χ0) is 14.3. The van der Waals surface area contributed by atoms with Gasteiger partial charge in [-0.3, -0.25) is 0 Å². The van der Waals surface area contributed by atoms with Crippen molar-refractivity contribution in [1.29, 1.82) is 0 Å². The summed E-state index contributed by atoms with van der Waals surface area (Å²) in [6, 6.07) is 5.44. The Hall–Kier alpha value is -1.37. The second kappa shape index (κ2) is 5.20. The SMILES string of the molecule is Cc1cc(Br)c(Nc2cc(Cl)nc3ncnn23)cc1Cl. The summed E-state index contributed by atoms with van der Waals surface area (Å²) in [5.41, 5.74) is 1.79. The van der Waals surface area contributed by atoms with Gasteiger partial charge in [0.2, 0.25) is 0 Å². The normalized spacial score (nSPS) is 11.0. The lowest BCUT2D eigenvalue weighted by atomic mass is 10.2. The fourth-order valence-corrected chi connectivity index (χ4v) is 2.65. The average molecular weight is 373 g/mol. The van der Waals surface area contributed by atoms with E-state index in [2.05, 4.69) is 36.3 Å². The molecule has 3 rings (SSSR count). The molecule has 0 atom stereocenters. The van der Waals surface area contributed by atoms with Crippen molar-refractivity contribution in [3.8, 4) is 0 Å². The van der Waals surface area contributed by atoms with E-state index in [1.54, 1.807) is 10.6 Å². The molecule has 0 spiro atoms. The minimum absolute atomic E-state index is 0.335. The highest BCUT2D eigenvalue weighted by Gasteiger charge is 2.10. The number of nitrogens with one attached hydrogen (secondary N) is 1. The highest BCUT2D eigenvalue weighted by Crippen LogP contribution is 2.31. The Morgan fingerprint density at radius 1 is 1.25 bits per heavy atom. The van der Waals surface area contributed by atoms with Gasteiger partial charge in [0, 0.05) is 15.6 Å². The number of benzene rings is 1. The Morgan fingerprint density at radius 3 is 2.85 bits per heavy atom. The van der Waals surface area contributed by atoms with Crippen molar-refractivity contribution in [2.75, 3.05) is 5.32 Å². The summed E-state index contributed by atoms with van der Waals surface area (Å²) in [5.74, 6) is 1.08. The van der Waals surface area contributed by atoms with Gasteiger partial charge in [0.15, 0.2) is 0 Å². The maximum atomic E-state index is 6.15. The zero-order valence-corrected chi connectivity index (χ0v) is 13.3. The van der Waals surface area contributed by atoms with Crippen molar-refractivity contribution < 1.29 is 0 Å². The standard InChI is InChI=1S/C12H8BrCl2N5/c1-6-2-7(13)9(3-8(6)14)18-11-4-10(15)19-12-16-5-17-20(11)12/h2-5,18H,1H3. The second-order valence-electron chi connectivity index (χ2n) is 4.14. The Morgan fingerprint density at radius 2 is 2.05 bits per heavy atom. The Balaban J connectivity index is 2.09. The first-order chi connectivity index (χ1) is 9.54. The van der Waals surface area contributed by atoms with E-state index in [-0.39, 0.29) is 0 Å². The molecule has 0 aliphatic heterocycles. The Labute approximate surface area is 133 Å². The third-order valence-corrected chi connectivity index (χ3v) is 3.99. The van der Waals surface area contributed by atoms with Crippen LogP contribution in [-0.4, -0.2) is 19.6 Å². The van der Waals surface area contributed by atoms with Gasteiger partial charge in [-0.15, -0.1) is 0 Å². The fourth-order valence-electron chi connectivity index (χ4n) is 1.75. The van der Waals surface area contributed by atoms with Crippen LogP contribution in [0, 0.1) is 6.92 Å². The van der Waals surface area contributed by atoms with Gasteiger partial charge in [-0.1, -0.05) is 23.2 Å². The molecule has 0 amide bonds. The molecule has 0 unspecified atom stereocenters. The van der Waals surface area contributed by atoms with Crippen LogP contribution in [0.25, 0.3) is 5.78 Å². The number of nitrogens with zero attached hydrogens (tertiary/aromatic N) is 4. The fraction of sp³-hybridized carbons (Fsp3) is 0.0833. The van der Waals surface area contributed by atoms with Crippen LogP contribution < -0.4 is 5.32 Å². The van der Waals surface area contributed by atoms with E-state index in [0.29, 0.717) is 21.8 Å². The highest BCUT2D eigenvalue weighted by molar-refractivity contribution is 9.10. The molecule has 1 N–H and O–H groups in total. The van der Waals surface area contributed by atoms with Gasteiger partial charge in [0.05, 0.1) is 5.69 Å². The first kappa shape index (κ1) is 13.6. The van der Waals surface area contributed by atoms with Crippen LogP contribution >= 0.6 is 39.1 Å². The molecule has 0 saturated carbocycles. The van der Waals surface area contributed by atoms with Gasteiger partial charge in [0.1, 0.15) is 17.3 Å². The van der Waals surface area contributed by atoms with E-state index >= 15 is 0 Å². The molecule has 8 heteroatoms. The number of aryl methyl sites for hydroxylation is 1. The molecule has 2 aromatic heterocycles. The van der Waals surface area contributed by atoms with Crippen LogP contribution in [0.1, 0.15) is 5.56 Å². The predicted octanol–water partition coefficient (Wildman–Crippen LogP) is 4.25. The van der Waals surface area contributed by atoms with Crippen LogP contribution in [0.4, 0.5) is 11.5 Å². The lowest BCUT2D eigenvalue weighted by molar-refractivity contribution is 0.947. The smallest absolute Gasteiger partial charge is 0.255 e. The largest absolute Gasteiger partial charge is 0.339 e. The molecule has 0 saturated heterocycles. The number of rotatable bonds is 2. The summed E-state index contributed by atoms with van der Waals surface area (Å²) in [4.78, 5) is 8.08. The van der Waals surface area contributed by atoms with Crippen molar-refractivity contribution in [3.63, 3.8) is 0 Å². The molecule has 0 radical (unpaired) electrons. The third-order valence-electron chi connectivity index (χ3n) is 2.73.